The summed E-state index contributed by atoms with van der Waals surface area (Å²) in [4.78, 5) is 12.2. The first-order valence-corrected chi connectivity index (χ1v) is 6.78. The van der Waals surface area contributed by atoms with E-state index in [4.69, 9.17) is 0 Å². The number of hydrogen-bond acceptors (Lipinski definition) is 4. The number of aromatic nitrogens is 3. The highest BCUT2D eigenvalue weighted by Crippen LogP contribution is 2.03. The van der Waals surface area contributed by atoms with Gasteiger partial charge in [0.25, 0.3) is 5.56 Å². The van der Waals surface area contributed by atoms with Gasteiger partial charge >= 0.3 is 0 Å². The van der Waals surface area contributed by atoms with Gasteiger partial charge < -0.3 is 5.32 Å². The molecule has 0 saturated carbocycles. The summed E-state index contributed by atoms with van der Waals surface area (Å²) in [5, 5.41) is 12.1. The van der Waals surface area contributed by atoms with Gasteiger partial charge in [0.2, 0.25) is 0 Å². The molecule has 0 aliphatic carbocycles. The molecule has 1 unspecified atom stereocenters. The predicted octanol–water partition coefficient (Wildman–Crippen LogP) is 1.57. The molecule has 0 radical (unpaired) electrons. The van der Waals surface area contributed by atoms with Crippen molar-refractivity contribution in [2.45, 2.75) is 39.3 Å². The third kappa shape index (κ3) is 3.38. The Morgan fingerprint density at radius 2 is 2.16 bits per heavy atom. The van der Waals surface area contributed by atoms with E-state index in [0.717, 1.165) is 19.4 Å². The second-order valence-electron chi connectivity index (χ2n) is 4.78. The van der Waals surface area contributed by atoms with Crippen LogP contribution >= 0.6 is 0 Å². The van der Waals surface area contributed by atoms with Gasteiger partial charge in [-0.25, -0.2) is 4.68 Å². The van der Waals surface area contributed by atoms with Gasteiger partial charge in [-0.3, -0.25) is 4.79 Å². The molecule has 2 rings (SSSR count). The van der Waals surface area contributed by atoms with Gasteiger partial charge in [0, 0.05) is 12.6 Å². The van der Waals surface area contributed by atoms with E-state index in [1.165, 1.54) is 4.68 Å². The van der Waals surface area contributed by atoms with Crippen LogP contribution in [0, 0.1) is 0 Å². The number of aryl methyl sites for hydroxylation is 1. The van der Waals surface area contributed by atoms with Crippen molar-refractivity contribution in [3.8, 4) is 0 Å². The zero-order valence-electron chi connectivity index (χ0n) is 11.5. The van der Waals surface area contributed by atoms with Crippen LogP contribution in [-0.2, 0) is 6.54 Å². The first kappa shape index (κ1) is 13.7. The molecule has 1 aromatic carbocycles. The van der Waals surface area contributed by atoms with Gasteiger partial charge in [0.05, 0.1) is 5.39 Å². The zero-order valence-corrected chi connectivity index (χ0v) is 11.5. The summed E-state index contributed by atoms with van der Waals surface area (Å²) in [6, 6.07) is 7.68. The molecule has 0 bridgehead atoms. The lowest BCUT2D eigenvalue weighted by molar-refractivity contribution is 0.441. The molecule has 1 heterocycles. The predicted molar refractivity (Wildman–Crippen MR) is 76.2 cm³/mol. The van der Waals surface area contributed by atoms with Crippen LogP contribution in [-0.4, -0.2) is 27.6 Å². The Balaban J connectivity index is 2.09. The smallest absolute Gasteiger partial charge is 0.277 e. The lowest BCUT2D eigenvalue weighted by Crippen LogP contribution is -2.31. The monoisotopic (exact) mass is 260 g/mol. The van der Waals surface area contributed by atoms with Crippen molar-refractivity contribution in [3.63, 3.8) is 0 Å². The van der Waals surface area contributed by atoms with E-state index < -0.39 is 0 Å². The molecular formula is C14H20N4O. The summed E-state index contributed by atoms with van der Waals surface area (Å²) in [5.41, 5.74) is 0.592. The lowest BCUT2D eigenvalue weighted by Gasteiger charge is -2.13. The fourth-order valence-corrected chi connectivity index (χ4v) is 1.98. The molecule has 5 heteroatoms. The maximum Gasteiger partial charge on any atom is 0.277 e. The fourth-order valence-electron chi connectivity index (χ4n) is 1.98. The van der Waals surface area contributed by atoms with E-state index in [-0.39, 0.29) is 5.56 Å². The SMILES string of the molecule is CCCNC(C)CCn1nnc2ccccc2c1=O. The van der Waals surface area contributed by atoms with E-state index in [1.807, 2.05) is 12.1 Å². The topological polar surface area (TPSA) is 59.8 Å². The molecule has 102 valence electrons. The third-order valence-electron chi connectivity index (χ3n) is 3.15. The van der Waals surface area contributed by atoms with E-state index >= 15 is 0 Å². The van der Waals surface area contributed by atoms with Gasteiger partial charge in [0.15, 0.2) is 0 Å². The maximum absolute atomic E-state index is 12.2. The Morgan fingerprint density at radius 1 is 1.37 bits per heavy atom. The van der Waals surface area contributed by atoms with Crippen LogP contribution in [0.25, 0.3) is 10.9 Å². The van der Waals surface area contributed by atoms with Crippen molar-refractivity contribution in [1.82, 2.24) is 20.3 Å². The molecule has 0 fully saturated rings. The van der Waals surface area contributed by atoms with Gasteiger partial charge in [-0.2, -0.15) is 0 Å². The number of fused-ring (bicyclic) bond motifs is 1. The van der Waals surface area contributed by atoms with Gasteiger partial charge in [0.1, 0.15) is 5.52 Å². The highest BCUT2D eigenvalue weighted by atomic mass is 16.1. The Hall–Kier alpha value is -1.75. The van der Waals surface area contributed by atoms with Crippen LogP contribution in [0.3, 0.4) is 0 Å². The maximum atomic E-state index is 12.2. The average Bonchev–Trinajstić information content (AvgIpc) is 2.44. The normalized spacial score (nSPS) is 12.7. The van der Waals surface area contributed by atoms with Crippen molar-refractivity contribution in [3.05, 3.63) is 34.6 Å². The quantitative estimate of drug-likeness (QED) is 0.856. The second kappa shape index (κ2) is 6.43. The van der Waals surface area contributed by atoms with E-state index in [2.05, 4.69) is 29.5 Å². The number of hydrogen-bond donors (Lipinski definition) is 1. The average molecular weight is 260 g/mol. The fraction of sp³-hybridized carbons (Fsp3) is 0.500. The summed E-state index contributed by atoms with van der Waals surface area (Å²) in [6.45, 7) is 5.85. The van der Waals surface area contributed by atoms with Crippen LogP contribution in [0.15, 0.2) is 29.1 Å². The first-order chi connectivity index (χ1) is 9.22. The highest BCUT2D eigenvalue weighted by molar-refractivity contribution is 5.76. The Labute approximate surface area is 112 Å². The van der Waals surface area contributed by atoms with Gasteiger partial charge in [-0.05, 0) is 38.4 Å². The molecule has 0 aliphatic rings. The van der Waals surface area contributed by atoms with Crippen LogP contribution < -0.4 is 10.9 Å². The molecule has 1 N–H and O–H groups in total. The van der Waals surface area contributed by atoms with Crippen molar-refractivity contribution in [1.29, 1.82) is 0 Å². The molecular weight excluding hydrogens is 240 g/mol. The number of nitrogens with zero attached hydrogens (tertiary/aromatic N) is 3. The largest absolute Gasteiger partial charge is 0.314 e. The Kier molecular flexibility index (Phi) is 4.63. The standard InChI is InChI=1S/C14H20N4O/c1-3-9-15-11(2)8-10-18-14(19)12-6-4-5-7-13(12)16-17-18/h4-7,11,15H,3,8-10H2,1-2H3. The van der Waals surface area contributed by atoms with Crippen LogP contribution in [0.5, 0.6) is 0 Å². The summed E-state index contributed by atoms with van der Waals surface area (Å²) in [6.07, 6.45) is 1.98. The van der Waals surface area contributed by atoms with E-state index in [1.54, 1.807) is 12.1 Å². The number of benzene rings is 1. The molecule has 19 heavy (non-hydrogen) atoms. The summed E-state index contributed by atoms with van der Waals surface area (Å²) in [5.74, 6) is 0. The third-order valence-corrected chi connectivity index (χ3v) is 3.15. The first-order valence-electron chi connectivity index (χ1n) is 6.78. The van der Waals surface area contributed by atoms with Crippen molar-refractivity contribution < 1.29 is 0 Å². The van der Waals surface area contributed by atoms with Crippen LogP contribution in [0.2, 0.25) is 0 Å². The molecule has 0 saturated heterocycles. The lowest BCUT2D eigenvalue weighted by atomic mass is 10.2. The van der Waals surface area contributed by atoms with Gasteiger partial charge in [-0.15, -0.1) is 5.10 Å². The van der Waals surface area contributed by atoms with Gasteiger partial charge in [-0.1, -0.05) is 24.3 Å². The molecule has 1 aromatic heterocycles. The highest BCUT2D eigenvalue weighted by Gasteiger charge is 2.06. The van der Waals surface area contributed by atoms with Crippen molar-refractivity contribution in [2.24, 2.45) is 0 Å². The van der Waals surface area contributed by atoms with Crippen LogP contribution in [0.4, 0.5) is 0 Å². The van der Waals surface area contributed by atoms with E-state index in [0.29, 0.717) is 23.5 Å². The van der Waals surface area contributed by atoms with Crippen molar-refractivity contribution >= 4 is 10.9 Å². The number of nitrogens with one attached hydrogen (secondary N) is 1. The molecule has 2 aromatic rings. The summed E-state index contributed by atoms with van der Waals surface area (Å²) < 4.78 is 1.45. The van der Waals surface area contributed by atoms with E-state index in [9.17, 15) is 4.79 Å². The Morgan fingerprint density at radius 3 is 2.95 bits per heavy atom. The molecule has 1 atom stereocenters. The minimum Gasteiger partial charge on any atom is -0.314 e. The van der Waals surface area contributed by atoms with Crippen molar-refractivity contribution in [2.75, 3.05) is 6.54 Å². The molecule has 0 amide bonds. The second-order valence-corrected chi connectivity index (χ2v) is 4.78. The summed E-state index contributed by atoms with van der Waals surface area (Å²) in [7, 11) is 0. The number of rotatable bonds is 6. The minimum absolute atomic E-state index is 0.0618. The molecule has 0 spiro atoms. The molecule has 5 nitrogen and oxygen atoms in total. The molecule has 0 aliphatic heterocycles. The minimum atomic E-state index is -0.0618. The summed E-state index contributed by atoms with van der Waals surface area (Å²) >= 11 is 0. The Bertz CT molecular complexity index is 593. The zero-order chi connectivity index (χ0) is 13.7. The van der Waals surface area contributed by atoms with Crippen LogP contribution in [0.1, 0.15) is 26.7 Å².